The highest BCUT2D eigenvalue weighted by molar-refractivity contribution is 6.29. The smallest absolute Gasteiger partial charge is 0.358 e. The van der Waals surface area contributed by atoms with Gasteiger partial charge in [0, 0.05) is 12.5 Å². The number of rotatable bonds is 3. The molecule has 0 aromatic carbocycles. The first-order valence-electron chi connectivity index (χ1n) is 7.18. The van der Waals surface area contributed by atoms with Crippen LogP contribution < -0.4 is 5.32 Å². The van der Waals surface area contributed by atoms with Crippen molar-refractivity contribution in [3.8, 4) is 0 Å². The van der Waals surface area contributed by atoms with Gasteiger partial charge in [-0.05, 0) is 31.5 Å². The molecule has 0 spiro atoms. The number of halogens is 1. The fourth-order valence-electron chi connectivity index (χ4n) is 2.87. The Labute approximate surface area is 128 Å². The van der Waals surface area contributed by atoms with Crippen LogP contribution in [0.3, 0.4) is 0 Å². The normalized spacial score (nSPS) is 18.9. The number of esters is 1. The summed E-state index contributed by atoms with van der Waals surface area (Å²) in [5, 5.41) is 4.05. The molecule has 1 aliphatic rings. The number of nitrogens with zero attached hydrogens (tertiary/aromatic N) is 2. The topological polar surface area (TPSA) is 55.6 Å². The number of imidazole rings is 1. The molecule has 0 aliphatic carbocycles. The number of ether oxygens (including phenoxy) is 1. The minimum Gasteiger partial charge on any atom is -0.464 e. The second-order valence-corrected chi connectivity index (χ2v) is 5.68. The number of methoxy groups -OCH3 is 1. The largest absolute Gasteiger partial charge is 0.464 e. The number of aromatic nitrogens is 2. The minimum absolute atomic E-state index is 0.325. The van der Waals surface area contributed by atoms with Crippen LogP contribution in [0.1, 0.15) is 35.6 Å². The number of piperidine rings is 1. The average molecular weight is 308 g/mol. The number of pyridine rings is 1. The van der Waals surface area contributed by atoms with Gasteiger partial charge < -0.3 is 10.1 Å². The molecule has 1 unspecified atom stereocenters. The van der Waals surface area contributed by atoms with Crippen LogP contribution in [0.25, 0.3) is 5.52 Å². The number of nitrogens with one attached hydrogen (secondary N) is 1. The lowest BCUT2D eigenvalue weighted by Gasteiger charge is -2.22. The van der Waals surface area contributed by atoms with Crippen LogP contribution in [0.2, 0.25) is 5.15 Å². The van der Waals surface area contributed by atoms with Gasteiger partial charge in [0.25, 0.3) is 0 Å². The van der Waals surface area contributed by atoms with E-state index in [1.807, 2.05) is 16.5 Å². The van der Waals surface area contributed by atoms with Gasteiger partial charge in [0.1, 0.15) is 11.0 Å². The highest BCUT2D eigenvalue weighted by atomic mass is 35.5. The molecule has 112 valence electrons. The Bertz CT molecular complexity index is 662. The van der Waals surface area contributed by atoms with E-state index < -0.39 is 5.97 Å². The summed E-state index contributed by atoms with van der Waals surface area (Å²) in [7, 11) is 1.36. The SMILES string of the molecule is COC(=O)c1nc(CC2CCCCN2)n2c(Cl)cccc12. The molecule has 2 aromatic heterocycles. The van der Waals surface area contributed by atoms with E-state index in [0.717, 1.165) is 25.2 Å². The number of hydrogen-bond donors (Lipinski definition) is 1. The Balaban J connectivity index is 2.02. The zero-order valence-electron chi connectivity index (χ0n) is 11.9. The van der Waals surface area contributed by atoms with Crippen molar-refractivity contribution in [2.45, 2.75) is 31.7 Å². The lowest BCUT2D eigenvalue weighted by atomic mass is 10.0. The number of carbonyl (C=O) groups excluding carboxylic acids is 1. The predicted octanol–water partition coefficient (Wildman–Crippen LogP) is 2.46. The summed E-state index contributed by atoms with van der Waals surface area (Å²) >= 11 is 6.29. The van der Waals surface area contributed by atoms with E-state index in [4.69, 9.17) is 16.3 Å². The van der Waals surface area contributed by atoms with Gasteiger partial charge in [-0.2, -0.15) is 0 Å². The molecule has 0 saturated carbocycles. The van der Waals surface area contributed by atoms with Gasteiger partial charge >= 0.3 is 5.97 Å². The zero-order valence-corrected chi connectivity index (χ0v) is 12.7. The highest BCUT2D eigenvalue weighted by Gasteiger charge is 2.22. The molecule has 1 N–H and O–H groups in total. The Morgan fingerprint density at radius 2 is 2.38 bits per heavy atom. The molecule has 21 heavy (non-hydrogen) atoms. The van der Waals surface area contributed by atoms with Crippen LogP contribution in [0.5, 0.6) is 0 Å². The molecule has 3 heterocycles. The van der Waals surface area contributed by atoms with Crippen molar-refractivity contribution >= 4 is 23.1 Å². The van der Waals surface area contributed by atoms with E-state index in [1.165, 1.54) is 20.0 Å². The summed E-state index contributed by atoms with van der Waals surface area (Å²) in [4.78, 5) is 16.4. The fourth-order valence-corrected chi connectivity index (χ4v) is 3.13. The summed E-state index contributed by atoms with van der Waals surface area (Å²) in [6.45, 7) is 1.03. The lowest BCUT2D eigenvalue weighted by Crippen LogP contribution is -2.36. The molecule has 0 radical (unpaired) electrons. The summed E-state index contributed by atoms with van der Waals surface area (Å²) in [5.41, 5.74) is 1.02. The number of carbonyl (C=O) groups is 1. The van der Waals surface area contributed by atoms with Gasteiger partial charge in [-0.3, -0.25) is 4.40 Å². The van der Waals surface area contributed by atoms with Crippen molar-refractivity contribution in [3.05, 3.63) is 34.9 Å². The molecule has 5 nitrogen and oxygen atoms in total. The Hall–Kier alpha value is -1.59. The summed E-state index contributed by atoms with van der Waals surface area (Å²) in [5.74, 6) is 0.369. The quantitative estimate of drug-likeness (QED) is 0.699. The molecular formula is C15H18ClN3O2. The molecule has 1 aliphatic heterocycles. The monoisotopic (exact) mass is 307 g/mol. The van der Waals surface area contributed by atoms with E-state index in [0.29, 0.717) is 22.4 Å². The minimum atomic E-state index is -0.433. The van der Waals surface area contributed by atoms with E-state index in [1.54, 1.807) is 6.07 Å². The van der Waals surface area contributed by atoms with Crippen LogP contribution in [0.15, 0.2) is 18.2 Å². The third kappa shape index (κ3) is 2.76. The van der Waals surface area contributed by atoms with E-state index in [9.17, 15) is 4.79 Å². The summed E-state index contributed by atoms with van der Waals surface area (Å²) in [6, 6.07) is 5.83. The van der Waals surface area contributed by atoms with Crippen molar-refractivity contribution in [2.75, 3.05) is 13.7 Å². The average Bonchev–Trinajstić information content (AvgIpc) is 2.87. The predicted molar refractivity (Wildman–Crippen MR) is 80.9 cm³/mol. The molecular weight excluding hydrogens is 290 g/mol. The van der Waals surface area contributed by atoms with Crippen LogP contribution in [0, 0.1) is 0 Å². The van der Waals surface area contributed by atoms with Crippen LogP contribution >= 0.6 is 11.6 Å². The van der Waals surface area contributed by atoms with Gasteiger partial charge in [0.15, 0.2) is 5.69 Å². The van der Waals surface area contributed by atoms with E-state index in [-0.39, 0.29) is 0 Å². The standard InChI is InChI=1S/C15H18ClN3O2/c1-21-15(20)14-11-6-4-7-12(16)19(11)13(18-14)9-10-5-2-3-8-17-10/h4,6-7,10,17H,2-3,5,8-9H2,1H3. The third-order valence-corrected chi connectivity index (χ3v) is 4.20. The first-order chi connectivity index (χ1) is 10.2. The zero-order chi connectivity index (χ0) is 14.8. The molecule has 1 saturated heterocycles. The maximum Gasteiger partial charge on any atom is 0.358 e. The molecule has 1 atom stereocenters. The molecule has 3 rings (SSSR count). The van der Waals surface area contributed by atoms with Crippen LogP contribution in [-0.2, 0) is 11.2 Å². The van der Waals surface area contributed by atoms with Crippen molar-refractivity contribution in [1.82, 2.24) is 14.7 Å². The van der Waals surface area contributed by atoms with E-state index in [2.05, 4.69) is 10.3 Å². The van der Waals surface area contributed by atoms with Gasteiger partial charge in [-0.25, -0.2) is 9.78 Å². The highest BCUT2D eigenvalue weighted by Crippen LogP contribution is 2.22. The summed E-state index contributed by atoms with van der Waals surface area (Å²) < 4.78 is 6.65. The van der Waals surface area contributed by atoms with Crippen LogP contribution in [-0.4, -0.2) is 35.1 Å². The van der Waals surface area contributed by atoms with Gasteiger partial charge in [-0.1, -0.05) is 24.1 Å². The van der Waals surface area contributed by atoms with Crippen molar-refractivity contribution in [2.24, 2.45) is 0 Å². The Morgan fingerprint density at radius 3 is 3.10 bits per heavy atom. The first-order valence-corrected chi connectivity index (χ1v) is 7.56. The molecule has 0 bridgehead atoms. The second-order valence-electron chi connectivity index (χ2n) is 5.29. The van der Waals surface area contributed by atoms with Gasteiger partial charge in [-0.15, -0.1) is 0 Å². The van der Waals surface area contributed by atoms with Crippen LogP contribution in [0.4, 0.5) is 0 Å². The molecule has 0 amide bonds. The maximum atomic E-state index is 11.9. The fraction of sp³-hybridized carbons (Fsp3) is 0.467. The molecule has 6 heteroatoms. The Morgan fingerprint density at radius 1 is 1.52 bits per heavy atom. The third-order valence-electron chi connectivity index (χ3n) is 3.90. The maximum absolute atomic E-state index is 11.9. The molecule has 2 aromatic rings. The Kier molecular flexibility index (Phi) is 4.12. The summed E-state index contributed by atoms with van der Waals surface area (Å²) in [6.07, 6.45) is 4.31. The first kappa shape index (κ1) is 14.4. The second kappa shape index (κ2) is 6.03. The number of hydrogen-bond acceptors (Lipinski definition) is 4. The van der Waals surface area contributed by atoms with Crippen molar-refractivity contribution in [1.29, 1.82) is 0 Å². The number of fused-ring (bicyclic) bond motifs is 1. The van der Waals surface area contributed by atoms with E-state index >= 15 is 0 Å². The van der Waals surface area contributed by atoms with Gasteiger partial charge in [0.05, 0.1) is 12.6 Å². The van der Waals surface area contributed by atoms with Crippen molar-refractivity contribution < 1.29 is 9.53 Å². The van der Waals surface area contributed by atoms with Gasteiger partial charge in [0.2, 0.25) is 0 Å². The molecule has 1 fully saturated rings. The van der Waals surface area contributed by atoms with Crippen molar-refractivity contribution in [3.63, 3.8) is 0 Å². The lowest BCUT2D eigenvalue weighted by molar-refractivity contribution is 0.0596.